The summed E-state index contributed by atoms with van der Waals surface area (Å²) in [6.45, 7) is 3.97. The van der Waals surface area contributed by atoms with Gasteiger partial charge in [0.1, 0.15) is 5.76 Å². The highest BCUT2D eigenvalue weighted by molar-refractivity contribution is 6.32. The molecule has 1 amide bonds. The van der Waals surface area contributed by atoms with E-state index in [2.05, 4.69) is 15.3 Å². The molecule has 4 rings (SSSR count). The summed E-state index contributed by atoms with van der Waals surface area (Å²) in [5.41, 5.74) is 0.607. The van der Waals surface area contributed by atoms with E-state index >= 15 is 0 Å². The van der Waals surface area contributed by atoms with E-state index in [-0.39, 0.29) is 11.7 Å². The van der Waals surface area contributed by atoms with Crippen LogP contribution in [0.4, 0.5) is 0 Å². The van der Waals surface area contributed by atoms with Crippen LogP contribution < -0.4 is 10.7 Å². The van der Waals surface area contributed by atoms with Gasteiger partial charge in [-0.1, -0.05) is 23.7 Å². The van der Waals surface area contributed by atoms with Gasteiger partial charge in [0.25, 0.3) is 5.91 Å². The number of carbonyl (C=O) groups excluding carboxylic acids is 1. The zero-order valence-electron chi connectivity index (χ0n) is 16.7. The standard InChI is InChI=1S/C22H23ClN4O3/c1-15-13-19(28)21(25-27(15)17-8-3-2-7-16(17)23)22(29)24-14-18(20-9-6-12-30-20)26-10-4-5-11-26/h2-3,6-9,12-13,18H,4-5,10-11,14H2,1H3,(H,24,29)/t18-/m1/s1. The third-order valence-corrected chi connectivity index (χ3v) is 5.63. The Morgan fingerprint density at radius 3 is 2.70 bits per heavy atom. The maximum absolute atomic E-state index is 12.9. The number of halogens is 1. The number of nitrogens with zero attached hydrogens (tertiary/aromatic N) is 3. The van der Waals surface area contributed by atoms with Gasteiger partial charge >= 0.3 is 0 Å². The summed E-state index contributed by atoms with van der Waals surface area (Å²) < 4.78 is 7.10. The number of likely N-dealkylation sites (tertiary alicyclic amines) is 1. The first kappa shape index (κ1) is 20.4. The lowest BCUT2D eigenvalue weighted by atomic mass is 10.2. The number of aryl methyl sites for hydroxylation is 1. The van der Waals surface area contributed by atoms with Crippen molar-refractivity contribution in [1.29, 1.82) is 0 Å². The SMILES string of the molecule is Cc1cc(=O)c(C(=O)NC[C@H](c2ccco2)N2CCCC2)nn1-c1ccccc1Cl. The Kier molecular flexibility index (Phi) is 6.01. The zero-order chi connectivity index (χ0) is 21.1. The van der Waals surface area contributed by atoms with Crippen LogP contribution in [-0.2, 0) is 0 Å². The molecule has 2 aromatic heterocycles. The second-order valence-electron chi connectivity index (χ2n) is 7.35. The molecular weight excluding hydrogens is 404 g/mol. The minimum atomic E-state index is -0.517. The van der Waals surface area contributed by atoms with E-state index in [9.17, 15) is 9.59 Å². The highest BCUT2D eigenvalue weighted by Gasteiger charge is 2.27. The number of carbonyl (C=O) groups is 1. The van der Waals surface area contributed by atoms with E-state index in [4.69, 9.17) is 16.0 Å². The van der Waals surface area contributed by atoms with Gasteiger partial charge in [0.05, 0.1) is 23.0 Å². The zero-order valence-corrected chi connectivity index (χ0v) is 17.4. The predicted octanol–water partition coefficient (Wildman–Crippen LogP) is 3.35. The average molecular weight is 427 g/mol. The summed E-state index contributed by atoms with van der Waals surface area (Å²) in [5, 5.41) is 7.66. The first-order chi connectivity index (χ1) is 14.5. The molecule has 0 bridgehead atoms. The molecule has 156 valence electrons. The first-order valence-electron chi connectivity index (χ1n) is 9.96. The highest BCUT2D eigenvalue weighted by atomic mass is 35.5. The largest absolute Gasteiger partial charge is 0.468 e. The Morgan fingerprint density at radius 2 is 2.00 bits per heavy atom. The Morgan fingerprint density at radius 1 is 1.23 bits per heavy atom. The molecule has 0 spiro atoms. The fourth-order valence-corrected chi connectivity index (χ4v) is 4.00. The Hall–Kier alpha value is -2.90. The molecule has 1 aliphatic heterocycles. The topological polar surface area (TPSA) is 80.4 Å². The maximum atomic E-state index is 12.9. The quantitative estimate of drug-likeness (QED) is 0.653. The van der Waals surface area contributed by atoms with Crippen molar-refractivity contribution in [1.82, 2.24) is 20.0 Å². The lowest BCUT2D eigenvalue weighted by molar-refractivity contribution is 0.0926. The van der Waals surface area contributed by atoms with E-state index in [0.29, 0.717) is 22.9 Å². The Bertz CT molecular complexity index is 1090. The minimum Gasteiger partial charge on any atom is -0.468 e. The molecule has 1 atom stereocenters. The number of rotatable bonds is 6. The molecule has 1 N–H and O–H groups in total. The van der Waals surface area contributed by atoms with Crippen molar-refractivity contribution in [3.8, 4) is 5.69 Å². The van der Waals surface area contributed by atoms with Gasteiger partial charge in [0, 0.05) is 18.3 Å². The third kappa shape index (κ3) is 4.17. The van der Waals surface area contributed by atoms with Crippen LogP contribution in [0.5, 0.6) is 0 Å². The summed E-state index contributed by atoms with van der Waals surface area (Å²) >= 11 is 6.28. The van der Waals surface area contributed by atoms with Crippen molar-refractivity contribution >= 4 is 17.5 Å². The van der Waals surface area contributed by atoms with Crippen LogP contribution in [0.2, 0.25) is 5.02 Å². The van der Waals surface area contributed by atoms with E-state index in [1.807, 2.05) is 24.3 Å². The van der Waals surface area contributed by atoms with E-state index in [1.165, 1.54) is 10.7 Å². The maximum Gasteiger partial charge on any atom is 0.275 e. The predicted molar refractivity (Wildman–Crippen MR) is 114 cm³/mol. The van der Waals surface area contributed by atoms with Gasteiger partial charge in [-0.25, -0.2) is 4.68 Å². The molecular formula is C22H23ClN4O3. The second kappa shape index (κ2) is 8.85. The molecule has 1 saturated heterocycles. The summed E-state index contributed by atoms with van der Waals surface area (Å²) in [5.74, 6) is 0.277. The number of para-hydroxylation sites is 1. The van der Waals surface area contributed by atoms with E-state index < -0.39 is 11.3 Å². The normalized spacial score (nSPS) is 15.3. The second-order valence-corrected chi connectivity index (χ2v) is 7.75. The molecule has 0 aliphatic carbocycles. The number of hydrogen-bond acceptors (Lipinski definition) is 5. The number of nitrogens with one attached hydrogen (secondary N) is 1. The molecule has 3 aromatic rings. The van der Waals surface area contributed by atoms with Crippen LogP contribution in [-0.4, -0.2) is 40.2 Å². The van der Waals surface area contributed by atoms with Gasteiger partial charge in [0.15, 0.2) is 5.69 Å². The molecule has 7 nitrogen and oxygen atoms in total. The molecule has 1 fully saturated rings. The van der Waals surface area contributed by atoms with Crippen LogP contribution in [0, 0.1) is 6.92 Å². The van der Waals surface area contributed by atoms with Gasteiger partial charge in [-0.2, -0.15) is 5.10 Å². The van der Waals surface area contributed by atoms with Crippen LogP contribution in [0.3, 0.4) is 0 Å². The smallest absolute Gasteiger partial charge is 0.275 e. The molecule has 8 heteroatoms. The van der Waals surface area contributed by atoms with Crippen molar-refractivity contribution in [2.75, 3.05) is 19.6 Å². The van der Waals surface area contributed by atoms with Crippen molar-refractivity contribution in [2.24, 2.45) is 0 Å². The molecule has 1 aromatic carbocycles. The minimum absolute atomic E-state index is 0.0808. The van der Waals surface area contributed by atoms with Crippen LogP contribution in [0.25, 0.3) is 5.69 Å². The average Bonchev–Trinajstić information content (AvgIpc) is 3.44. The molecule has 0 radical (unpaired) electrons. The Labute approximate surface area is 179 Å². The van der Waals surface area contributed by atoms with Gasteiger partial charge in [-0.05, 0) is 57.1 Å². The van der Waals surface area contributed by atoms with Crippen LogP contribution >= 0.6 is 11.6 Å². The monoisotopic (exact) mass is 426 g/mol. The summed E-state index contributed by atoms with van der Waals surface area (Å²) in [4.78, 5) is 27.6. The Balaban J connectivity index is 1.58. The van der Waals surface area contributed by atoms with Crippen LogP contribution in [0.15, 0.2) is 57.9 Å². The lowest BCUT2D eigenvalue weighted by Crippen LogP contribution is -2.39. The van der Waals surface area contributed by atoms with E-state index in [0.717, 1.165) is 31.7 Å². The number of furan rings is 1. The van der Waals surface area contributed by atoms with Gasteiger partial charge in [0.2, 0.25) is 5.43 Å². The number of hydrogen-bond donors (Lipinski definition) is 1. The van der Waals surface area contributed by atoms with E-state index in [1.54, 1.807) is 25.3 Å². The van der Waals surface area contributed by atoms with Crippen LogP contribution in [0.1, 0.15) is 40.8 Å². The summed E-state index contributed by atoms with van der Waals surface area (Å²) in [6.07, 6.45) is 3.87. The number of benzene rings is 1. The van der Waals surface area contributed by atoms with Crippen molar-refractivity contribution in [2.45, 2.75) is 25.8 Å². The van der Waals surface area contributed by atoms with Crippen molar-refractivity contribution in [3.63, 3.8) is 0 Å². The summed E-state index contributed by atoms with van der Waals surface area (Å²) in [7, 11) is 0. The van der Waals surface area contributed by atoms with Crippen molar-refractivity contribution in [3.05, 3.63) is 81.1 Å². The fourth-order valence-electron chi connectivity index (χ4n) is 3.79. The molecule has 0 unspecified atom stereocenters. The fraction of sp³-hybridized carbons (Fsp3) is 0.318. The lowest BCUT2D eigenvalue weighted by Gasteiger charge is -2.25. The number of aromatic nitrogens is 2. The number of amides is 1. The molecule has 1 aliphatic rings. The van der Waals surface area contributed by atoms with Gasteiger partial charge < -0.3 is 9.73 Å². The summed E-state index contributed by atoms with van der Waals surface area (Å²) in [6, 6.07) is 12.2. The first-order valence-corrected chi connectivity index (χ1v) is 10.3. The van der Waals surface area contributed by atoms with Gasteiger partial charge in [-0.3, -0.25) is 14.5 Å². The highest BCUT2D eigenvalue weighted by Crippen LogP contribution is 2.25. The third-order valence-electron chi connectivity index (χ3n) is 5.31. The van der Waals surface area contributed by atoms with Crippen molar-refractivity contribution < 1.29 is 9.21 Å². The van der Waals surface area contributed by atoms with Gasteiger partial charge in [-0.15, -0.1) is 0 Å². The molecule has 30 heavy (non-hydrogen) atoms. The molecule has 0 saturated carbocycles. The molecule has 3 heterocycles.